The average Bonchev–Trinajstić information content (AvgIpc) is 3.66. The van der Waals surface area contributed by atoms with Crippen LogP contribution in [-0.4, -0.2) is 43.5 Å². The molecule has 198 valence electrons. The van der Waals surface area contributed by atoms with Crippen LogP contribution in [-0.2, 0) is 27.2 Å². The van der Waals surface area contributed by atoms with E-state index in [9.17, 15) is 35.6 Å². The number of hydrogen-bond acceptors (Lipinski definition) is 4. The molecule has 0 aromatic heterocycles. The average molecular weight is 539 g/mol. The summed E-state index contributed by atoms with van der Waals surface area (Å²) in [6, 6.07) is 5.21. The number of carbonyl (C=O) groups excluding carboxylic acids is 2. The standard InChI is InChI=1S/C26H26F4N2O4S/c27-20-14-18(26(28,29)30)8-9-19(20)23(16-5-6-16)31-24(33)21-3-1-2-11-32(21)25(34)17-7-4-15-10-12-37(35,36)22(15)13-17/h4,7-9,13-14,16,21,23H,1-3,5-6,10-12H2,(H,31,33)/t21-,23-/m1/s1. The Morgan fingerprint density at radius 3 is 2.46 bits per heavy atom. The summed E-state index contributed by atoms with van der Waals surface area (Å²) in [4.78, 5) is 28.3. The molecule has 6 nitrogen and oxygen atoms in total. The van der Waals surface area contributed by atoms with Crippen LogP contribution in [0, 0.1) is 11.7 Å². The van der Waals surface area contributed by atoms with Crippen LogP contribution in [0.4, 0.5) is 17.6 Å². The first-order valence-electron chi connectivity index (χ1n) is 12.3. The lowest BCUT2D eigenvalue weighted by molar-refractivity contribution is -0.137. The lowest BCUT2D eigenvalue weighted by Crippen LogP contribution is -2.52. The summed E-state index contributed by atoms with van der Waals surface area (Å²) in [6.45, 7) is 0.295. The monoisotopic (exact) mass is 538 g/mol. The van der Waals surface area contributed by atoms with Crippen LogP contribution < -0.4 is 5.32 Å². The van der Waals surface area contributed by atoms with Crippen molar-refractivity contribution in [2.24, 2.45) is 5.92 Å². The van der Waals surface area contributed by atoms with Gasteiger partial charge in [-0.15, -0.1) is 0 Å². The van der Waals surface area contributed by atoms with Crippen molar-refractivity contribution in [3.8, 4) is 0 Å². The van der Waals surface area contributed by atoms with E-state index in [-0.39, 0.29) is 27.7 Å². The first-order valence-corrected chi connectivity index (χ1v) is 13.9. The van der Waals surface area contributed by atoms with Gasteiger partial charge < -0.3 is 10.2 Å². The van der Waals surface area contributed by atoms with Gasteiger partial charge in [0.05, 0.1) is 22.3 Å². The van der Waals surface area contributed by atoms with E-state index in [0.717, 1.165) is 12.1 Å². The smallest absolute Gasteiger partial charge is 0.347 e. The predicted molar refractivity (Wildman–Crippen MR) is 126 cm³/mol. The van der Waals surface area contributed by atoms with Crippen LogP contribution in [0.15, 0.2) is 41.3 Å². The largest absolute Gasteiger partial charge is 0.416 e. The van der Waals surface area contributed by atoms with Gasteiger partial charge in [0.2, 0.25) is 5.91 Å². The van der Waals surface area contributed by atoms with Crippen molar-refractivity contribution in [1.29, 1.82) is 0 Å². The van der Waals surface area contributed by atoms with Crippen molar-refractivity contribution in [2.75, 3.05) is 12.3 Å². The van der Waals surface area contributed by atoms with Crippen molar-refractivity contribution < 1.29 is 35.6 Å². The maximum absolute atomic E-state index is 14.7. The topological polar surface area (TPSA) is 83.6 Å². The number of carbonyl (C=O) groups is 2. The maximum Gasteiger partial charge on any atom is 0.416 e. The molecule has 1 saturated heterocycles. The number of benzene rings is 2. The Morgan fingerprint density at radius 2 is 1.78 bits per heavy atom. The fourth-order valence-corrected chi connectivity index (χ4v) is 6.82. The number of likely N-dealkylation sites (tertiary alicyclic amines) is 1. The Morgan fingerprint density at radius 1 is 1.03 bits per heavy atom. The molecule has 2 fully saturated rings. The molecule has 1 saturated carbocycles. The minimum atomic E-state index is -4.68. The van der Waals surface area contributed by atoms with E-state index in [0.29, 0.717) is 56.7 Å². The highest BCUT2D eigenvalue weighted by Crippen LogP contribution is 2.43. The maximum atomic E-state index is 14.7. The fourth-order valence-electron chi connectivity index (χ4n) is 5.24. The quantitative estimate of drug-likeness (QED) is 0.571. The van der Waals surface area contributed by atoms with Crippen LogP contribution in [0.1, 0.15) is 65.2 Å². The van der Waals surface area contributed by atoms with E-state index in [1.54, 1.807) is 12.1 Å². The van der Waals surface area contributed by atoms with Gasteiger partial charge in [-0.3, -0.25) is 9.59 Å². The Balaban J connectivity index is 1.37. The zero-order valence-electron chi connectivity index (χ0n) is 19.9. The molecule has 37 heavy (non-hydrogen) atoms. The van der Waals surface area contributed by atoms with E-state index < -0.39 is 51.3 Å². The van der Waals surface area contributed by atoms with E-state index in [1.165, 1.54) is 11.0 Å². The second-order valence-electron chi connectivity index (χ2n) is 9.96. The SMILES string of the molecule is O=C(N[C@@H](c1ccc(C(F)(F)F)cc1F)C1CC1)[C@H]1CCCCN1C(=O)c1ccc2c(c1)S(=O)(=O)CC2. The number of fused-ring (bicyclic) bond motifs is 1. The molecule has 2 atom stereocenters. The second kappa shape index (κ2) is 9.41. The minimum Gasteiger partial charge on any atom is -0.347 e. The molecular formula is C26H26F4N2O4S. The number of piperidine rings is 1. The molecule has 0 spiro atoms. The summed E-state index contributed by atoms with van der Waals surface area (Å²) < 4.78 is 78.4. The molecule has 1 N–H and O–H groups in total. The van der Waals surface area contributed by atoms with Gasteiger partial charge in [0, 0.05) is 17.7 Å². The van der Waals surface area contributed by atoms with Gasteiger partial charge in [0.1, 0.15) is 11.9 Å². The zero-order chi connectivity index (χ0) is 26.5. The number of amides is 2. The van der Waals surface area contributed by atoms with E-state index in [2.05, 4.69) is 5.32 Å². The molecule has 3 aliphatic rings. The van der Waals surface area contributed by atoms with Crippen molar-refractivity contribution in [2.45, 2.75) is 61.7 Å². The van der Waals surface area contributed by atoms with Crippen molar-refractivity contribution >= 4 is 21.7 Å². The van der Waals surface area contributed by atoms with Gasteiger partial charge in [-0.05, 0) is 74.3 Å². The third-order valence-corrected chi connectivity index (χ3v) is 9.20. The molecule has 2 aliphatic heterocycles. The molecule has 2 aromatic rings. The number of halogens is 4. The van der Waals surface area contributed by atoms with Gasteiger partial charge in [-0.2, -0.15) is 13.2 Å². The highest BCUT2D eigenvalue weighted by molar-refractivity contribution is 7.91. The summed E-state index contributed by atoms with van der Waals surface area (Å²) in [6.07, 6.45) is -1.18. The Hall–Kier alpha value is -2.95. The number of sulfone groups is 1. The van der Waals surface area contributed by atoms with Gasteiger partial charge >= 0.3 is 6.18 Å². The van der Waals surface area contributed by atoms with Crippen molar-refractivity contribution in [1.82, 2.24) is 10.2 Å². The molecule has 0 bridgehead atoms. The van der Waals surface area contributed by atoms with Crippen LogP contribution in [0.25, 0.3) is 0 Å². The molecule has 0 radical (unpaired) electrons. The van der Waals surface area contributed by atoms with Crippen LogP contribution in [0.2, 0.25) is 0 Å². The number of hydrogen-bond donors (Lipinski definition) is 1. The summed E-state index contributed by atoms with van der Waals surface area (Å²) in [5, 5.41) is 2.81. The number of alkyl halides is 3. The van der Waals surface area contributed by atoms with E-state index in [1.807, 2.05) is 0 Å². The van der Waals surface area contributed by atoms with Gasteiger partial charge in [0.15, 0.2) is 9.84 Å². The molecule has 2 heterocycles. The third kappa shape index (κ3) is 5.10. The predicted octanol–water partition coefficient (Wildman–Crippen LogP) is 4.44. The lowest BCUT2D eigenvalue weighted by atomic mass is 9.96. The van der Waals surface area contributed by atoms with E-state index >= 15 is 0 Å². The summed E-state index contributed by atoms with van der Waals surface area (Å²) in [5.74, 6) is -2.11. The zero-order valence-corrected chi connectivity index (χ0v) is 20.7. The highest BCUT2D eigenvalue weighted by atomic mass is 32.2. The molecule has 5 rings (SSSR count). The second-order valence-corrected chi connectivity index (χ2v) is 12.0. The Kier molecular flexibility index (Phi) is 6.54. The van der Waals surface area contributed by atoms with Gasteiger partial charge in [-0.1, -0.05) is 12.1 Å². The van der Waals surface area contributed by atoms with Crippen LogP contribution >= 0.6 is 0 Å². The molecule has 0 unspecified atom stereocenters. The summed E-state index contributed by atoms with van der Waals surface area (Å²) in [7, 11) is -3.44. The van der Waals surface area contributed by atoms with Gasteiger partial charge in [-0.25, -0.2) is 12.8 Å². The minimum absolute atomic E-state index is 0.00220. The normalized spacial score (nSPS) is 21.8. The van der Waals surface area contributed by atoms with Crippen LogP contribution in [0.3, 0.4) is 0 Å². The number of rotatable bonds is 5. The number of nitrogens with zero attached hydrogens (tertiary/aromatic N) is 1. The van der Waals surface area contributed by atoms with Crippen molar-refractivity contribution in [3.05, 3.63) is 64.5 Å². The number of aryl methyl sites for hydroxylation is 1. The molecule has 11 heteroatoms. The number of nitrogens with one attached hydrogen (secondary N) is 1. The summed E-state index contributed by atoms with van der Waals surface area (Å²) >= 11 is 0. The molecule has 2 aromatic carbocycles. The molecule has 2 amide bonds. The van der Waals surface area contributed by atoms with E-state index in [4.69, 9.17) is 0 Å². The van der Waals surface area contributed by atoms with Gasteiger partial charge in [0.25, 0.3) is 5.91 Å². The van der Waals surface area contributed by atoms with Crippen LogP contribution in [0.5, 0.6) is 0 Å². The Bertz CT molecular complexity index is 1350. The highest BCUT2D eigenvalue weighted by Gasteiger charge is 2.40. The summed E-state index contributed by atoms with van der Waals surface area (Å²) in [5.41, 5.74) is -0.275. The molecule has 1 aliphatic carbocycles. The Labute approximate surface area is 212 Å². The third-order valence-electron chi connectivity index (χ3n) is 7.41. The first kappa shape index (κ1) is 25.7. The fraction of sp³-hybridized carbons (Fsp3) is 0.462. The lowest BCUT2D eigenvalue weighted by Gasteiger charge is -2.36. The molecular weight excluding hydrogens is 512 g/mol. The first-order chi connectivity index (χ1) is 17.5. The van der Waals surface area contributed by atoms with Crippen molar-refractivity contribution in [3.63, 3.8) is 0 Å².